The number of H-pyrrole nitrogens is 1. The Morgan fingerprint density at radius 1 is 1.35 bits per heavy atom. The first-order chi connectivity index (χ1) is 12.7. The van der Waals surface area contributed by atoms with Crippen LogP contribution < -0.4 is 4.74 Å². The first-order valence-corrected chi connectivity index (χ1v) is 8.94. The Morgan fingerprint density at radius 3 is 3.15 bits per heavy atom. The lowest BCUT2D eigenvalue weighted by atomic mass is 9.93. The number of pyridine rings is 1. The minimum atomic E-state index is 0.157. The van der Waals surface area contributed by atoms with Gasteiger partial charge in [-0.2, -0.15) is 5.10 Å². The predicted octanol–water partition coefficient (Wildman–Crippen LogP) is 2.92. The molecule has 0 saturated carbocycles. The van der Waals surface area contributed by atoms with Crippen LogP contribution >= 0.6 is 0 Å². The number of ether oxygens (including phenoxy) is 1. The zero-order valence-corrected chi connectivity index (χ0v) is 14.8. The maximum atomic E-state index is 12.8. The number of benzene rings is 1. The molecule has 6 heteroatoms. The highest BCUT2D eigenvalue weighted by molar-refractivity contribution is 5.80. The number of amides is 1. The number of fused-ring (bicyclic) bond motifs is 1. The quantitative estimate of drug-likeness (QED) is 0.785. The van der Waals surface area contributed by atoms with Gasteiger partial charge in [-0.1, -0.05) is 12.1 Å². The van der Waals surface area contributed by atoms with E-state index in [0.29, 0.717) is 6.42 Å². The number of hydrogen-bond acceptors (Lipinski definition) is 4. The van der Waals surface area contributed by atoms with Crippen LogP contribution in [-0.2, 0) is 11.2 Å². The first kappa shape index (κ1) is 16.6. The van der Waals surface area contributed by atoms with Crippen LogP contribution in [0.4, 0.5) is 0 Å². The van der Waals surface area contributed by atoms with Crippen LogP contribution in [0.15, 0.2) is 42.6 Å². The van der Waals surface area contributed by atoms with Crippen LogP contribution in [0.5, 0.6) is 5.75 Å². The van der Waals surface area contributed by atoms with E-state index in [2.05, 4.69) is 15.2 Å². The fraction of sp³-hybridized carbons (Fsp3) is 0.350. The monoisotopic (exact) mass is 350 g/mol. The number of carbonyl (C=O) groups excluding carboxylic acids is 1. The van der Waals surface area contributed by atoms with Gasteiger partial charge in [-0.15, -0.1) is 0 Å². The molecule has 0 radical (unpaired) electrons. The van der Waals surface area contributed by atoms with Gasteiger partial charge in [0, 0.05) is 36.3 Å². The van der Waals surface area contributed by atoms with E-state index in [1.165, 1.54) is 0 Å². The molecule has 0 bridgehead atoms. The van der Waals surface area contributed by atoms with Gasteiger partial charge < -0.3 is 9.64 Å². The van der Waals surface area contributed by atoms with Crippen LogP contribution in [0.1, 0.15) is 30.0 Å². The lowest BCUT2D eigenvalue weighted by Gasteiger charge is -2.32. The van der Waals surface area contributed by atoms with Gasteiger partial charge >= 0.3 is 0 Å². The van der Waals surface area contributed by atoms with Gasteiger partial charge in [0.15, 0.2) is 5.65 Å². The van der Waals surface area contributed by atoms with Crippen molar-refractivity contribution in [2.75, 3.05) is 20.2 Å². The smallest absolute Gasteiger partial charge is 0.227 e. The molecule has 6 nitrogen and oxygen atoms in total. The normalized spacial score (nSPS) is 17.4. The van der Waals surface area contributed by atoms with Gasteiger partial charge in [0.2, 0.25) is 5.91 Å². The van der Waals surface area contributed by atoms with Crippen LogP contribution in [-0.4, -0.2) is 46.2 Å². The number of nitrogens with one attached hydrogen (secondary N) is 1. The van der Waals surface area contributed by atoms with Crippen molar-refractivity contribution in [3.05, 3.63) is 53.9 Å². The zero-order valence-electron chi connectivity index (χ0n) is 14.8. The molecule has 26 heavy (non-hydrogen) atoms. The summed E-state index contributed by atoms with van der Waals surface area (Å²) in [6, 6.07) is 11.7. The molecule has 1 fully saturated rings. The predicted molar refractivity (Wildman–Crippen MR) is 99.1 cm³/mol. The number of nitrogens with zero attached hydrogens (tertiary/aromatic N) is 3. The lowest BCUT2D eigenvalue weighted by molar-refractivity contribution is -0.131. The average Bonchev–Trinajstić information content (AvgIpc) is 3.12. The molecule has 1 aliphatic rings. The maximum absolute atomic E-state index is 12.8. The maximum Gasteiger partial charge on any atom is 0.227 e. The molecular weight excluding hydrogens is 328 g/mol. The van der Waals surface area contributed by atoms with Crippen molar-refractivity contribution in [3.63, 3.8) is 0 Å². The standard InChI is InChI=1S/C20H22N4O2/c1-26-16-7-2-5-14(11-16)12-18(25)24-10-4-6-15(13-24)19-17-8-3-9-21-20(17)23-22-19/h2-3,5,7-9,11,15H,4,6,10,12-13H2,1H3,(H,21,22,23). The van der Waals surface area contributed by atoms with Crippen molar-refractivity contribution < 1.29 is 9.53 Å². The summed E-state index contributed by atoms with van der Waals surface area (Å²) in [4.78, 5) is 19.0. The van der Waals surface area contributed by atoms with Crippen LogP contribution in [0.25, 0.3) is 11.0 Å². The molecule has 1 atom stereocenters. The molecule has 3 heterocycles. The first-order valence-electron chi connectivity index (χ1n) is 8.94. The number of aromatic nitrogens is 3. The van der Waals surface area contributed by atoms with Gasteiger partial charge in [0.1, 0.15) is 5.75 Å². The van der Waals surface area contributed by atoms with E-state index in [4.69, 9.17) is 4.74 Å². The molecule has 134 valence electrons. The fourth-order valence-electron chi connectivity index (χ4n) is 3.69. The van der Waals surface area contributed by atoms with Crippen molar-refractivity contribution in [1.82, 2.24) is 20.1 Å². The third kappa shape index (κ3) is 3.27. The Kier molecular flexibility index (Phi) is 4.56. The van der Waals surface area contributed by atoms with E-state index in [9.17, 15) is 4.79 Å². The van der Waals surface area contributed by atoms with Gasteiger partial charge in [-0.05, 0) is 42.7 Å². The number of methoxy groups -OCH3 is 1. The lowest BCUT2D eigenvalue weighted by Crippen LogP contribution is -2.40. The number of piperidine rings is 1. The van der Waals surface area contributed by atoms with Crippen molar-refractivity contribution in [3.8, 4) is 5.75 Å². The molecule has 1 aromatic carbocycles. The fourth-order valence-corrected chi connectivity index (χ4v) is 3.69. The van der Waals surface area contributed by atoms with Crippen LogP contribution in [0.3, 0.4) is 0 Å². The summed E-state index contributed by atoms with van der Waals surface area (Å²) in [5.74, 6) is 1.21. The largest absolute Gasteiger partial charge is 0.497 e. The van der Waals surface area contributed by atoms with Gasteiger partial charge in [0.05, 0.1) is 13.5 Å². The highest BCUT2D eigenvalue weighted by atomic mass is 16.5. The Hall–Kier alpha value is -2.89. The second-order valence-electron chi connectivity index (χ2n) is 6.72. The van der Waals surface area contributed by atoms with Crippen molar-refractivity contribution in [1.29, 1.82) is 0 Å². The Bertz CT molecular complexity index is 921. The summed E-state index contributed by atoms with van der Waals surface area (Å²) in [6.45, 7) is 1.53. The highest BCUT2D eigenvalue weighted by Crippen LogP contribution is 2.30. The van der Waals surface area contributed by atoms with Crippen molar-refractivity contribution in [2.24, 2.45) is 0 Å². The molecule has 1 aliphatic heterocycles. The zero-order chi connectivity index (χ0) is 17.9. The Labute approximate surface area is 152 Å². The second-order valence-corrected chi connectivity index (χ2v) is 6.72. The van der Waals surface area contributed by atoms with E-state index in [1.807, 2.05) is 41.3 Å². The number of carbonyl (C=O) groups is 1. The summed E-state index contributed by atoms with van der Waals surface area (Å²) >= 11 is 0. The van der Waals surface area contributed by atoms with E-state index < -0.39 is 0 Å². The summed E-state index contributed by atoms with van der Waals surface area (Å²) in [6.07, 6.45) is 4.19. The third-order valence-electron chi connectivity index (χ3n) is 5.03. The molecule has 3 aromatic rings. The topological polar surface area (TPSA) is 71.1 Å². The molecule has 1 amide bonds. The van der Waals surface area contributed by atoms with Crippen molar-refractivity contribution in [2.45, 2.75) is 25.2 Å². The van der Waals surface area contributed by atoms with E-state index in [0.717, 1.165) is 54.0 Å². The van der Waals surface area contributed by atoms with E-state index in [1.54, 1.807) is 13.3 Å². The number of hydrogen-bond donors (Lipinski definition) is 1. The van der Waals surface area contributed by atoms with Gasteiger partial charge in [0.25, 0.3) is 0 Å². The second kappa shape index (κ2) is 7.15. The van der Waals surface area contributed by atoms with Gasteiger partial charge in [-0.3, -0.25) is 9.89 Å². The SMILES string of the molecule is COc1cccc(CC(=O)N2CCCC(c3[nH]nc4ncccc34)C2)c1. The summed E-state index contributed by atoms with van der Waals surface area (Å²) < 4.78 is 5.25. The molecule has 1 N–H and O–H groups in total. The third-order valence-corrected chi connectivity index (χ3v) is 5.03. The molecule has 4 rings (SSSR count). The number of aromatic amines is 1. The molecular formula is C20H22N4O2. The minimum absolute atomic E-state index is 0.157. The summed E-state index contributed by atoms with van der Waals surface area (Å²) in [5, 5.41) is 8.49. The van der Waals surface area contributed by atoms with Gasteiger partial charge in [-0.25, -0.2) is 4.98 Å². The number of likely N-dealkylation sites (tertiary alicyclic amines) is 1. The van der Waals surface area contributed by atoms with Crippen molar-refractivity contribution >= 4 is 16.9 Å². The molecule has 0 aliphatic carbocycles. The summed E-state index contributed by atoms with van der Waals surface area (Å²) in [5.41, 5.74) is 2.81. The van der Waals surface area contributed by atoms with E-state index in [-0.39, 0.29) is 11.8 Å². The Morgan fingerprint density at radius 2 is 2.27 bits per heavy atom. The highest BCUT2D eigenvalue weighted by Gasteiger charge is 2.27. The van der Waals surface area contributed by atoms with Crippen LogP contribution in [0, 0.1) is 0 Å². The minimum Gasteiger partial charge on any atom is -0.497 e. The molecule has 1 unspecified atom stereocenters. The molecule has 1 saturated heterocycles. The number of rotatable bonds is 4. The molecule has 0 spiro atoms. The van der Waals surface area contributed by atoms with Crippen LogP contribution in [0.2, 0.25) is 0 Å². The molecule has 2 aromatic heterocycles. The Balaban J connectivity index is 1.48. The summed E-state index contributed by atoms with van der Waals surface area (Å²) in [7, 11) is 1.64. The average molecular weight is 350 g/mol. The van der Waals surface area contributed by atoms with E-state index >= 15 is 0 Å².